The lowest BCUT2D eigenvalue weighted by molar-refractivity contribution is -0.147. The highest BCUT2D eigenvalue weighted by molar-refractivity contribution is 5.75. The van der Waals surface area contributed by atoms with Crippen LogP contribution in [0.2, 0.25) is 0 Å². The lowest BCUT2D eigenvalue weighted by Crippen LogP contribution is -2.28. The predicted octanol–water partition coefficient (Wildman–Crippen LogP) is -0.0790. The van der Waals surface area contributed by atoms with Crippen molar-refractivity contribution in [2.45, 2.75) is 13.0 Å². The van der Waals surface area contributed by atoms with Gasteiger partial charge < -0.3 is 14.6 Å². The van der Waals surface area contributed by atoms with Crippen molar-refractivity contribution in [3.63, 3.8) is 0 Å². The average Bonchev–Trinajstić information content (AvgIpc) is 1.90. The zero-order chi connectivity index (χ0) is 8.15. The number of carboxylic acids is 1. The van der Waals surface area contributed by atoms with E-state index in [2.05, 4.69) is 4.74 Å². The number of ether oxygens (including phenoxy) is 1. The SMILES string of the molecule is COC(C=O)C(C)C(=O)O. The third-order valence-electron chi connectivity index (χ3n) is 1.29. The van der Waals surface area contributed by atoms with Crippen LogP contribution in [0.5, 0.6) is 0 Å². The van der Waals surface area contributed by atoms with Crippen molar-refractivity contribution in [3.05, 3.63) is 0 Å². The van der Waals surface area contributed by atoms with Gasteiger partial charge in [-0.3, -0.25) is 4.79 Å². The van der Waals surface area contributed by atoms with Crippen molar-refractivity contribution in [3.8, 4) is 0 Å². The molecule has 4 nitrogen and oxygen atoms in total. The molecule has 0 aromatic heterocycles. The second-order valence-corrected chi connectivity index (χ2v) is 1.96. The van der Waals surface area contributed by atoms with Crippen molar-refractivity contribution in [1.82, 2.24) is 0 Å². The zero-order valence-corrected chi connectivity index (χ0v) is 5.90. The molecule has 0 fully saturated rings. The maximum atomic E-state index is 10.2. The summed E-state index contributed by atoms with van der Waals surface area (Å²) in [6.45, 7) is 1.42. The molecule has 0 aliphatic carbocycles. The lowest BCUT2D eigenvalue weighted by Gasteiger charge is -2.11. The van der Waals surface area contributed by atoms with Crippen molar-refractivity contribution in [1.29, 1.82) is 0 Å². The molecule has 0 aliphatic heterocycles. The minimum Gasteiger partial charge on any atom is -0.481 e. The van der Waals surface area contributed by atoms with Gasteiger partial charge in [-0.25, -0.2) is 0 Å². The smallest absolute Gasteiger partial charge is 0.309 e. The highest BCUT2D eigenvalue weighted by atomic mass is 16.5. The van der Waals surface area contributed by atoms with E-state index in [1.165, 1.54) is 14.0 Å². The van der Waals surface area contributed by atoms with Crippen LogP contribution < -0.4 is 0 Å². The Labute approximate surface area is 58.8 Å². The van der Waals surface area contributed by atoms with Crippen molar-refractivity contribution < 1.29 is 19.4 Å². The average molecular weight is 146 g/mol. The third kappa shape index (κ3) is 2.14. The molecule has 2 atom stereocenters. The van der Waals surface area contributed by atoms with E-state index in [0.717, 1.165) is 0 Å². The Morgan fingerprint density at radius 2 is 2.20 bits per heavy atom. The number of methoxy groups -OCH3 is 1. The summed E-state index contributed by atoms with van der Waals surface area (Å²) in [5.41, 5.74) is 0. The molecule has 1 N–H and O–H groups in total. The largest absolute Gasteiger partial charge is 0.481 e. The Hall–Kier alpha value is -0.900. The minimum atomic E-state index is -1.03. The van der Waals surface area contributed by atoms with Gasteiger partial charge in [-0.05, 0) is 6.92 Å². The van der Waals surface area contributed by atoms with E-state index < -0.39 is 18.0 Å². The number of aliphatic carboxylic acids is 1. The number of hydrogen-bond donors (Lipinski definition) is 1. The second kappa shape index (κ2) is 4.00. The van der Waals surface area contributed by atoms with Gasteiger partial charge >= 0.3 is 5.97 Å². The summed E-state index contributed by atoms with van der Waals surface area (Å²) in [5.74, 6) is -1.80. The van der Waals surface area contributed by atoms with E-state index in [0.29, 0.717) is 6.29 Å². The Morgan fingerprint density at radius 1 is 1.70 bits per heavy atom. The van der Waals surface area contributed by atoms with E-state index in [1.807, 2.05) is 0 Å². The Bertz CT molecular complexity index is 132. The van der Waals surface area contributed by atoms with E-state index in [-0.39, 0.29) is 0 Å². The summed E-state index contributed by atoms with van der Waals surface area (Å²) in [6, 6.07) is 0. The zero-order valence-electron chi connectivity index (χ0n) is 5.90. The van der Waals surface area contributed by atoms with Gasteiger partial charge in [-0.2, -0.15) is 0 Å². The molecule has 0 aliphatic rings. The summed E-state index contributed by atoms with van der Waals surface area (Å²) in [4.78, 5) is 20.3. The summed E-state index contributed by atoms with van der Waals surface area (Å²) in [5, 5.41) is 8.38. The maximum Gasteiger partial charge on any atom is 0.309 e. The van der Waals surface area contributed by atoms with Crippen LogP contribution in [0.3, 0.4) is 0 Å². The standard InChI is InChI=1S/C6H10O4/c1-4(6(8)9)5(3-7)10-2/h3-5H,1-2H3,(H,8,9). The fraction of sp³-hybridized carbons (Fsp3) is 0.667. The molecule has 0 amide bonds. The fourth-order valence-electron chi connectivity index (χ4n) is 0.518. The first-order valence-electron chi connectivity index (χ1n) is 2.84. The van der Waals surface area contributed by atoms with Crippen LogP contribution in [0.4, 0.5) is 0 Å². The molecule has 10 heavy (non-hydrogen) atoms. The van der Waals surface area contributed by atoms with Gasteiger partial charge in [-0.15, -0.1) is 0 Å². The van der Waals surface area contributed by atoms with Crippen molar-refractivity contribution in [2.24, 2.45) is 5.92 Å². The van der Waals surface area contributed by atoms with Crippen LogP contribution in [-0.4, -0.2) is 30.6 Å². The second-order valence-electron chi connectivity index (χ2n) is 1.96. The first-order valence-corrected chi connectivity index (χ1v) is 2.84. The maximum absolute atomic E-state index is 10.2. The first kappa shape index (κ1) is 9.10. The highest BCUT2D eigenvalue weighted by Crippen LogP contribution is 2.03. The molecule has 0 bridgehead atoms. The number of carboxylic acid groups (broad SMARTS) is 1. The summed E-state index contributed by atoms with van der Waals surface area (Å²) in [6.07, 6.45) is -0.351. The number of rotatable bonds is 4. The van der Waals surface area contributed by atoms with Crippen LogP contribution in [0.15, 0.2) is 0 Å². The fourth-order valence-corrected chi connectivity index (χ4v) is 0.518. The van der Waals surface area contributed by atoms with E-state index in [1.54, 1.807) is 0 Å². The highest BCUT2D eigenvalue weighted by Gasteiger charge is 2.21. The van der Waals surface area contributed by atoms with Crippen LogP contribution >= 0.6 is 0 Å². The molecule has 0 aromatic rings. The van der Waals surface area contributed by atoms with Crippen LogP contribution in [-0.2, 0) is 14.3 Å². The van der Waals surface area contributed by atoms with Gasteiger partial charge in [-0.1, -0.05) is 0 Å². The topological polar surface area (TPSA) is 63.6 Å². The molecule has 0 saturated heterocycles. The molecule has 0 spiro atoms. The van der Waals surface area contributed by atoms with Gasteiger partial charge in [0, 0.05) is 7.11 Å². The minimum absolute atomic E-state index is 0.485. The van der Waals surface area contributed by atoms with E-state index in [4.69, 9.17) is 5.11 Å². The van der Waals surface area contributed by atoms with Gasteiger partial charge in [0.1, 0.15) is 12.4 Å². The van der Waals surface area contributed by atoms with Gasteiger partial charge in [0.25, 0.3) is 0 Å². The molecule has 0 radical (unpaired) electrons. The number of hydrogen-bond acceptors (Lipinski definition) is 3. The summed E-state index contributed by atoms with van der Waals surface area (Å²) in [7, 11) is 1.30. The van der Waals surface area contributed by atoms with Gasteiger partial charge in [0.05, 0.1) is 5.92 Å². The Kier molecular flexibility index (Phi) is 3.64. The molecule has 0 rings (SSSR count). The van der Waals surface area contributed by atoms with E-state index in [9.17, 15) is 9.59 Å². The first-order chi connectivity index (χ1) is 4.63. The molecule has 0 heterocycles. The summed E-state index contributed by atoms with van der Waals surface area (Å²) < 4.78 is 4.57. The number of carbonyl (C=O) groups excluding carboxylic acids is 1. The Balaban J connectivity index is 4.00. The lowest BCUT2D eigenvalue weighted by atomic mass is 10.1. The number of carbonyl (C=O) groups is 2. The van der Waals surface area contributed by atoms with Crippen LogP contribution in [0.25, 0.3) is 0 Å². The predicted molar refractivity (Wildman–Crippen MR) is 33.7 cm³/mol. The molecule has 0 aromatic carbocycles. The quantitative estimate of drug-likeness (QED) is 0.563. The number of aldehydes is 1. The monoisotopic (exact) mass is 146 g/mol. The molecular formula is C6H10O4. The normalized spacial score (nSPS) is 15.8. The van der Waals surface area contributed by atoms with Gasteiger partial charge in [0.2, 0.25) is 0 Å². The van der Waals surface area contributed by atoms with Crippen molar-refractivity contribution in [2.75, 3.05) is 7.11 Å². The molecular weight excluding hydrogens is 136 g/mol. The van der Waals surface area contributed by atoms with Crippen LogP contribution in [0.1, 0.15) is 6.92 Å². The molecule has 4 heteroatoms. The third-order valence-corrected chi connectivity index (χ3v) is 1.29. The molecule has 58 valence electrons. The molecule has 2 unspecified atom stereocenters. The molecule has 0 saturated carbocycles. The van der Waals surface area contributed by atoms with Crippen LogP contribution in [0, 0.1) is 5.92 Å². The van der Waals surface area contributed by atoms with Gasteiger partial charge in [0.15, 0.2) is 0 Å². The van der Waals surface area contributed by atoms with Crippen molar-refractivity contribution >= 4 is 12.3 Å². The Morgan fingerprint density at radius 3 is 2.30 bits per heavy atom. The summed E-state index contributed by atoms with van der Waals surface area (Å²) >= 11 is 0. The van der Waals surface area contributed by atoms with E-state index >= 15 is 0 Å².